The Morgan fingerprint density at radius 2 is 1.88 bits per heavy atom. The van der Waals surface area contributed by atoms with Gasteiger partial charge in [-0.3, -0.25) is 4.79 Å². The average Bonchev–Trinajstić information content (AvgIpc) is 3.28. The average molecular weight is 457 g/mol. The number of nitrogens with zero attached hydrogens (tertiary/aromatic N) is 6. The maximum absolute atomic E-state index is 12.4. The predicted octanol–water partition coefficient (Wildman–Crippen LogP) is 4.64. The second-order valence-electron chi connectivity index (χ2n) is 7.50. The van der Waals surface area contributed by atoms with Crippen molar-refractivity contribution in [1.82, 2.24) is 24.6 Å². The van der Waals surface area contributed by atoms with Gasteiger partial charge >= 0.3 is 0 Å². The van der Waals surface area contributed by atoms with E-state index in [0.717, 1.165) is 33.5 Å². The summed E-state index contributed by atoms with van der Waals surface area (Å²) in [7, 11) is 1.71. The number of nitriles is 1. The van der Waals surface area contributed by atoms with E-state index < -0.39 is 0 Å². The number of hydrogen-bond acceptors (Lipinski definition) is 6. The van der Waals surface area contributed by atoms with Crippen molar-refractivity contribution in [1.29, 1.82) is 5.26 Å². The fourth-order valence-corrected chi connectivity index (χ4v) is 4.52. The highest BCUT2D eigenvalue weighted by molar-refractivity contribution is 7.99. The molecular formula is C25H24N6OS. The summed E-state index contributed by atoms with van der Waals surface area (Å²) >= 11 is 1.36. The summed E-state index contributed by atoms with van der Waals surface area (Å²) in [6, 6.07) is 22.2. The summed E-state index contributed by atoms with van der Waals surface area (Å²) in [6.45, 7) is 3.13. The van der Waals surface area contributed by atoms with E-state index in [1.807, 2.05) is 66.1 Å². The normalized spacial score (nSPS) is 10.8. The smallest absolute Gasteiger partial charge is 0.232 e. The van der Waals surface area contributed by atoms with E-state index in [4.69, 9.17) is 10.2 Å². The highest BCUT2D eigenvalue weighted by atomic mass is 32.2. The monoisotopic (exact) mass is 456 g/mol. The lowest BCUT2D eigenvalue weighted by molar-refractivity contribution is -0.127. The Kier molecular flexibility index (Phi) is 7.01. The quantitative estimate of drug-likeness (QED) is 0.359. The lowest BCUT2D eigenvalue weighted by atomic mass is 10.0. The molecule has 0 saturated heterocycles. The van der Waals surface area contributed by atoms with Gasteiger partial charge in [-0.05, 0) is 19.1 Å². The number of fused-ring (bicyclic) bond motifs is 1. The first kappa shape index (κ1) is 22.5. The number of pyridine rings is 1. The van der Waals surface area contributed by atoms with Gasteiger partial charge in [0.15, 0.2) is 11.0 Å². The van der Waals surface area contributed by atoms with Gasteiger partial charge < -0.3 is 9.47 Å². The molecule has 7 nitrogen and oxygen atoms in total. The molecule has 0 N–H and O–H groups in total. The third kappa shape index (κ3) is 4.89. The molecule has 0 aliphatic carbocycles. The van der Waals surface area contributed by atoms with Gasteiger partial charge in [0.05, 0.1) is 29.5 Å². The Bertz CT molecular complexity index is 1310. The van der Waals surface area contributed by atoms with Crippen LogP contribution < -0.4 is 0 Å². The highest BCUT2D eigenvalue weighted by Gasteiger charge is 2.19. The van der Waals surface area contributed by atoms with Crippen molar-refractivity contribution in [3.63, 3.8) is 0 Å². The third-order valence-corrected chi connectivity index (χ3v) is 6.32. The molecule has 166 valence electrons. The second-order valence-corrected chi connectivity index (χ2v) is 8.44. The third-order valence-electron chi connectivity index (χ3n) is 5.37. The largest absolute Gasteiger partial charge is 0.344 e. The van der Waals surface area contributed by atoms with Crippen LogP contribution in [-0.4, -0.2) is 49.9 Å². The Hall–Kier alpha value is -3.70. The van der Waals surface area contributed by atoms with Crippen LogP contribution in [0, 0.1) is 11.3 Å². The first-order chi connectivity index (χ1) is 16.1. The van der Waals surface area contributed by atoms with E-state index in [0.29, 0.717) is 24.7 Å². The van der Waals surface area contributed by atoms with Crippen LogP contribution in [0.4, 0.5) is 0 Å². The lowest BCUT2D eigenvalue weighted by Gasteiger charge is -2.15. The molecule has 0 atom stereocenters. The molecule has 0 radical (unpaired) electrons. The number of amides is 1. The fraction of sp³-hybridized carbons (Fsp3) is 0.240. The number of thioether (sulfide) groups is 1. The fourth-order valence-electron chi connectivity index (χ4n) is 3.58. The summed E-state index contributed by atoms with van der Waals surface area (Å²) in [4.78, 5) is 18.8. The number of aromatic nitrogens is 4. The van der Waals surface area contributed by atoms with Gasteiger partial charge in [0.2, 0.25) is 5.91 Å². The standard InChI is InChI=1S/C25H24N6OS/c1-3-31-24(28-29-25(31)33-17-23(32)30(2)15-9-14-26)20-16-22(18-10-5-4-6-11-18)27-21-13-8-7-12-19(20)21/h4-8,10-13,16H,3,9,15,17H2,1-2H3. The van der Waals surface area contributed by atoms with E-state index in [1.165, 1.54) is 11.8 Å². The van der Waals surface area contributed by atoms with E-state index >= 15 is 0 Å². The van der Waals surface area contributed by atoms with Crippen molar-refractivity contribution in [3.8, 4) is 28.7 Å². The van der Waals surface area contributed by atoms with Crippen molar-refractivity contribution in [2.24, 2.45) is 0 Å². The Balaban J connectivity index is 1.70. The van der Waals surface area contributed by atoms with Crippen molar-refractivity contribution in [2.45, 2.75) is 25.0 Å². The van der Waals surface area contributed by atoms with Gasteiger partial charge in [-0.25, -0.2) is 4.98 Å². The lowest BCUT2D eigenvalue weighted by Crippen LogP contribution is -2.29. The molecule has 0 unspecified atom stereocenters. The summed E-state index contributed by atoms with van der Waals surface area (Å²) in [5, 5.41) is 19.3. The molecule has 2 aromatic heterocycles. The summed E-state index contributed by atoms with van der Waals surface area (Å²) in [5.74, 6) is 0.955. The number of carbonyl (C=O) groups excluding carboxylic acids is 1. The Morgan fingerprint density at radius 3 is 2.64 bits per heavy atom. The van der Waals surface area contributed by atoms with Crippen molar-refractivity contribution >= 4 is 28.6 Å². The summed E-state index contributed by atoms with van der Waals surface area (Å²) in [5.41, 5.74) is 3.76. The molecule has 0 fully saturated rings. The molecule has 8 heteroatoms. The second kappa shape index (κ2) is 10.3. The van der Waals surface area contributed by atoms with Gasteiger partial charge in [-0.1, -0.05) is 60.3 Å². The van der Waals surface area contributed by atoms with Crippen LogP contribution in [-0.2, 0) is 11.3 Å². The minimum Gasteiger partial charge on any atom is -0.344 e. The van der Waals surface area contributed by atoms with Crippen LogP contribution in [0.15, 0.2) is 65.8 Å². The van der Waals surface area contributed by atoms with Crippen LogP contribution >= 0.6 is 11.8 Å². The van der Waals surface area contributed by atoms with Crippen LogP contribution in [0.1, 0.15) is 13.3 Å². The minimum atomic E-state index is -0.0387. The summed E-state index contributed by atoms with van der Waals surface area (Å²) in [6.07, 6.45) is 0.320. The van der Waals surface area contributed by atoms with Gasteiger partial charge in [0, 0.05) is 36.7 Å². The molecule has 33 heavy (non-hydrogen) atoms. The molecule has 0 bridgehead atoms. The zero-order valence-corrected chi connectivity index (χ0v) is 19.4. The molecule has 4 aromatic rings. The zero-order valence-electron chi connectivity index (χ0n) is 18.6. The van der Waals surface area contributed by atoms with Crippen LogP contribution in [0.2, 0.25) is 0 Å². The van der Waals surface area contributed by atoms with Gasteiger partial charge in [-0.15, -0.1) is 10.2 Å². The van der Waals surface area contributed by atoms with Crippen LogP contribution in [0.5, 0.6) is 0 Å². The molecule has 0 saturated carbocycles. The van der Waals surface area contributed by atoms with Crippen LogP contribution in [0.3, 0.4) is 0 Å². The maximum Gasteiger partial charge on any atom is 0.232 e. The van der Waals surface area contributed by atoms with Crippen LogP contribution in [0.25, 0.3) is 33.5 Å². The molecule has 2 aromatic carbocycles. The predicted molar refractivity (Wildman–Crippen MR) is 130 cm³/mol. The zero-order chi connectivity index (χ0) is 23.2. The molecular weight excluding hydrogens is 432 g/mol. The van der Waals surface area contributed by atoms with E-state index in [9.17, 15) is 4.79 Å². The van der Waals surface area contributed by atoms with Gasteiger partial charge in [0.1, 0.15) is 0 Å². The highest BCUT2D eigenvalue weighted by Crippen LogP contribution is 2.33. The molecule has 2 heterocycles. The molecule has 0 aliphatic heterocycles. The maximum atomic E-state index is 12.4. The molecule has 4 rings (SSSR count). The number of carbonyl (C=O) groups is 1. The van der Waals surface area contributed by atoms with Gasteiger partial charge in [-0.2, -0.15) is 5.26 Å². The Labute approximate surface area is 197 Å². The van der Waals surface area contributed by atoms with E-state index in [-0.39, 0.29) is 11.7 Å². The van der Waals surface area contributed by atoms with Crippen molar-refractivity contribution < 1.29 is 4.79 Å². The minimum absolute atomic E-state index is 0.0387. The number of rotatable bonds is 8. The molecule has 1 amide bonds. The SMILES string of the molecule is CCn1c(SCC(=O)N(C)CCC#N)nnc1-c1cc(-c2ccccc2)nc2ccccc12. The number of benzene rings is 2. The first-order valence-electron chi connectivity index (χ1n) is 10.7. The van der Waals surface area contributed by atoms with Gasteiger partial charge in [0.25, 0.3) is 0 Å². The molecule has 0 aliphatic rings. The summed E-state index contributed by atoms with van der Waals surface area (Å²) < 4.78 is 2.03. The van der Waals surface area contributed by atoms with Crippen molar-refractivity contribution in [3.05, 3.63) is 60.7 Å². The number of hydrogen-bond donors (Lipinski definition) is 0. The first-order valence-corrected chi connectivity index (χ1v) is 11.7. The Morgan fingerprint density at radius 1 is 1.12 bits per heavy atom. The van der Waals surface area contributed by atoms with Crippen molar-refractivity contribution in [2.75, 3.05) is 19.3 Å². The number of para-hydroxylation sites is 1. The van der Waals surface area contributed by atoms with E-state index in [1.54, 1.807) is 11.9 Å². The topological polar surface area (TPSA) is 87.7 Å². The molecule has 0 spiro atoms. The van der Waals surface area contributed by atoms with E-state index in [2.05, 4.69) is 22.3 Å².